The molecule has 0 fully saturated rings. The van der Waals surface area contributed by atoms with Crippen molar-refractivity contribution in [3.63, 3.8) is 0 Å². The minimum absolute atomic E-state index is 1.45. The van der Waals surface area contributed by atoms with Gasteiger partial charge in [0.15, 0.2) is 14.7 Å². The molecule has 12 heavy (non-hydrogen) atoms. The van der Waals surface area contributed by atoms with Crippen molar-refractivity contribution < 1.29 is 18.2 Å². The molecule has 0 aromatic carbocycles. The second-order valence-electron chi connectivity index (χ2n) is 2.87. The maximum Gasteiger partial charge on any atom is 0.196 e. The van der Waals surface area contributed by atoms with Crippen LogP contribution < -0.4 is 0 Å². The Morgan fingerprint density at radius 2 is 0.833 bits per heavy atom. The van der Waals surface area contributed by atoms with E-state index in [0.717, 1.165) is 0 Å². The Morgan fingerprint density at radius 3 is 0.833 bits per heavy atom. The second kappa shape index (κ2) is 5.93. The van der Waals surface area contributed by atoms with Gasteiger partial charge in [-0.25, -0.2) is 0 Å². The number of hydrogen-bond donors (Lipinski definition) is 0. The van der Waals surface area contributed by atoms with Gasteiger partial charge in [0.05, 0.1) is 0 Å². The van der Waals surface area contributed by atoms with Crippen LogP contribution in [0.5, 0.6) is 0 Å². The Kier molecular flexibility index (Phi) is 7.35. The first-order valence-electron chi connectivity index (χ1n) is 3.34. The second-order valence-corrected chi connectivity index (χ2v) is 8.61. The van der Waals surface area contributed by atoms with E-state index in [1.54, 1.807) is 26.7 Å². The molecule has 0 bridgehead atoms. The number of hydrogen-bond acceptors (Lipinski definition) is 4. The van der Waals surface area contributed by atoms with E-state index in [9.17, 15) is 9.13 Å². The fraction of sp³-hybridized carbons (Fsp3) is 1.00. The van der Waals surface area contributed by atoms with Gasteiger partial charge >= 0.3 is 0 Å². The topological polar surface area (TPSA) is 52.6 Å². The van der Waals surface area contributed by atoms with Crippen LogP contribution in [0.3, 0.4) is 0 Å². The lowest BCUT2D eigenvalue weighted by atomic mass is 11.8. The molecular formula is C6H18O4P2. The van der Waals surface area contributed by atoms with Crippen LogP contribution in [0.2, 0.25) is 0 Å². The van der Waals surface area contributed by atoms with Crippen molar-refractivity contribution in [1.29, 1.82) is 0 Å². The van der Waals surface area contributed by atoms with Gasteiger partial charge in [-0.3, -0.25) is 9.13 Å². The first-order valence-corrected chi connectivity index (χ1v) is 8.37. The highest BCUT2D eigenvalue weighted by Crippen LogP contribution is 2.35. The molecule has 0 aromatic rings. The lowest BCUT2D eigenvalue weighted by Gasteiger charge is -1.98. The van der Waals surface area contributed by atoms with Crippen LogP contribution in [0.15, 0.2) is 0 Å². The van der Waals surface area contributed by atoms with Gasteiger partial charge in [-0.05, 0) is 0 Å². The van der Waals surface area contributed by atoms with Gasteiger partial charge in [-0.1, -0.05) is 0 Å². The standard InChI is InChI=1S/2C3H9O2P/c2*1-5-6(2,3)4/h2*1-3H3. The predicted octanol–water partition coefficient (Wildman–Crippen LogP) is 2.34. The molecule has 0 radical (unpaired) electrons. The highest BCUT2D eigenvalue weighted by molar-refractivity contribution is 7.57. The van der Waals surface area contributed by atoms with E-state index in [1.165, 1.54) is 14.2 Å². The fourth-order valence-corrected chi connectivity index (χ4v) is 0. The minimum Gasteiger partial charge on any atom is -0.332 e. The van der Waals surface area contributed by atoms with E-state index < -0.39 is 14.7 Å². The zero-order chi connectivity index (χ0) is 10.4. The summed E-state index contributed by atoms with van der Waals surface area (Å²) >= 11 is 0. The van der Waals surface area contributed by atoms with Crippen LogP contribution in [0.25, 0.3) is 0 Å². The maximum absolute atomic E-state index is 10.4. The van der Waals surface area contributed by atoms with E-state index in [1.807, 2.05) is 0 Å². The van der Waals surface area contributed by atoms with Crippen molar-refractivity contribution >= 4 is 14.7 Å². The smallest absolute Gasteiger partial charge is 0.196 e. The predicted molar refractivity (Wildman–Crippen MR) is 52.9 cm³/mol. The fourth-order valence-electron chi connectivity index (χ4n) is 0. The molecule has 0 amide bonds. The summed E-state index contributed by atoms with van der Waals surface area (Å²) < 4.78 is 29.7. The molecule has 0 unspecified atom stereocenters. The highest BCUT2D eigenvalue weighted by Gasteiger charge is 1.99. The highest BCUT2D eigenvalue weighted by atomic mass is 31.2. The van der Waals surface area contributed by atoms with Crippen LogP contribution in [0, 0.1) is 0 Å². The van der Waals surface area contributed by atoms with Crippen molar-refractivity contribution in [3.05, 3.63) is 0 Å². The van der Waals surface area contributed by atoms with Gasteiger partial charge in [0, 0.05) is 40.9 Å². The Labute approximate surface area is 74.5 Å². The monoisotopic (exact) mass is 216 g/mol. The molecule has 76 valence electrons. The zero-order valence-electron chi connectivity index (χ0n) is 8.53. The van der Waals surface area contributed by atoms with Gasteiger partial charge in [0.25, 0.3) is 0 Å². The van der Waals surface area contributed by atoms with Crippen molar-refractivity contribution in [1.82, 2.24) is 0 Å². The summed E-state index contributed by atoms with van der Waals surface area (Å²) in [6, 6.07) is 0. The zero-order valence-corrected chi connectivity index (χ0v) is 10.3. The van der Waals surface area contributed by atoms with E-state index in [2.05, 4.69) is 9.05 Å². The van der Waals surface area contributed by atoms with Crippen LogP contribution in [-0.4, -0.2) is 40.9 Å². The molecule has 0 atom stereocenters. The molecule has 0 N–H and O–H groups in total. The van der Waals surface area contributed by atoms with Crippen molar-refractivity contribution in [2.75, 3.05) is 40.9 Å². The molecule has 0 rings (SSSR count). The summed E-state index contributed by atoms with van der Waals surface area (Å²) in [5.41, 5.74) is 0. The van der Waals surface area contributed by atoms with Gasteiger partial charge < -0.3 is 9.05 Å². The summed E-state index contributed by atoms with van der Waals surface area (Å²) in [6.45, 7) is 6.31. The van der Waals surface area contributed by atoms with E-state index in [-0.39, 0.29) is 0 Å². The third-order valence-electron chi connectivity index (χ3n) is 0.879. The average Bonchev–Trinajstić information content (AvgIpc) is 1.86. The summed E-state index contributed by atoms with van der Waals surface area (Å²) in [5.74, 6) is 0. The Hall–Kier alpha value is 0.380. The Balaban J connectivity index is 0. The molecule has 6 heteroatoms. The summed E-state index contributed by atoms with van der Waals surface area (Å²) in [4.78, 5) is 0. The van der Waals surface area contributed by atoms with Gasteiger partial charge in [-0.15, -0.1) is 0 Å². The van der Waals surface area contributed by atoms with Crippen LogP contribution in [0.4, 0.5) is 0 Å². The molecule has 0 heterocycles. The number of rotatable bonds is 2. The first-order chi connectivity index (χ1) is 5.12. The van der Waals surface area contributed by atoms with E-state index in [0.29, 0.717) is 0 Å². The summed E-state index contributed by atoms with van der Waals surface area (Å²) in [6.07, 6.45) is 0. The molecule has 0 aliphatic rings. The Morgan fingerprint density at radius 1 is 0.750 bits per heavy atom. The third-order valence-corrected chi connectivity index (χ3v) is 2.64. The van der Waals surface area contributed by atoms with Crippen molar-refractivity contribution in [2.24, 2.45) is 0 Å². The SMILES string of the molecule is COP(C)(C)=O.COP(C)(C)=O. The van der Waals surface area contributed by atoms with E-state index >= 15 is 0 Å². The van der Waals surface area contributed by atoms with Crippen LogP contribution in [-0.2, 0) is 18.2 Å². The molecule has 0 spiro atoms. The molecule has 0 aliphatic carbocycles. The Bertz CT molecular complexity index is 168. The summed E-state index contributed by atoms with van der Waals surface area (Å²) in [7, 11) is -1.40. The molecule has 0 saturated carbocycles. The molecular weight excluding hydrogens is 198 g/mol. The van der Waals surface area contributed by atoms with Crippen LogP contribution >= 0.6 is 14.7 Å². The van der Waals surface area contributed by atoms with Crippen molar-refractivity contribution in [2.45, 2.75) is 0 Å². The van der Waals surface area contributed by atoms with Gasteiger partial charge in [0.1, 0.15) is 0 Å². The largest absolute Gasteiger partial charge is 0.332 e. The van der Waals surface area contributed by atoms with Crippen LogP contribution in [0.1, 0.15) is 0 Å². The molecule has 0 saturated heterocycles. The molecule has 0 aromatic heterocycles. The first kappa shape index (κ1) is 14.9. The van der Waals surface area contributed by atoms with Crippen molar-refractivity contribution in [3.8, 4) is 0 Å². The average molecular weight is 216 g/mol. The molecule has 0 aliphatic heterocycles. The van der Waals surface area contributed by atoms with Gasteiger partial charge in [0.2, 0.25) is 0 Å². The lowest BCUT2D eigenvalue weighted by Crippen LogP contribution is -1.74. The van der Waals surface area contributed by atoms with Gasteiger partial charge in [-0.2, -0.15) is 0 Å². The molecule has 4 nitrogen and oxygen atoms in total. The quantitative estimate of drug-likeness (QED) is 0.665. The maximum atomic E-state index is 10.4. The minimum atomic E-state index is -2.15. The van der Waals surface area contributed by atoms with E-state index in [4.69, 9.17) is 0 Å². The third kappa shape index (κ3) is 22.4. The normalized spacial score (nSPS) is 11.8. The summed E-state index contributed by atoms with van der Waals surface area (Å²) in [5, 5.41) is 0. The lowest BCUT2D eigenvalue weighted by molar-refractivity contribution is 0.403.